The van der Waals surface area contributed by atoms with Crippen molar-refractivity contribution in [1.82, 2.24) is 9.80 Å². The highest BCUT2D eigenvalue weighted by molar-refractivity contribution is 5.87. The molecule has 0 aliphatic heterocycles. The van der Waals surface area contributed by atoms with E-state index in [0.717, 1.165) is 5.56 Å². The number of rotatable bonds is 5. The maximum atomic E-state index is 11.5. The Labute approximate surface area is 112 Å². The van der Waals surface area contributed by atoms with E-state index < -0.39 is 5.97 Å². The third-order valence-electron chi connectivity index (χ3n) is 2.67. The minimum Gasteiger partial charge on any atom is -0.463 e. The van der Waals surface area contributed by atoms with Gasteiger partial charge in [0.2, 0.25) is 11.7 Å². The van der Waals surface area contributed by atoms with Gasteiger partial charge in [0.05, 0.1) is 20.2 Å². The predicted molar refractivity (Wildman–Crippen MR) is 69.8 cm³/mol. The van der Waals surface area contributed by atoms with Crippen LogP contribution in [-0.4, -0.2) is 56.5 Å². The molecule has 106 valence electrons. The number of amides is 1. The number of ether oxygens (including phenoxy) is 1. The number of hydrogen-bond donors (Lipinski definition) is 0. The molecule has 0 radical (unpaired) electrons. The number of aryl methyl sites for hydroxylation is 1. The molecule has 0 aromatic carbocycles. The predicted octanol–water partition coefficient (Wildman–Crippen LogP) is 0.895. The monoisotopic (exact) mass is 268 g/mol. The van der Waals surface area contributed by atoms with Crippen LogP contribution in [0.1, 0.15) is 21.9 Å². The van der Waals surface area contributed by atoms with Crippen molar-refractivity contribution >= 4 is 11.9 Å². The van der Waals surface area contributed by atoms with Crippen LogP contribution < -0.4 is 0 Å². The van der Waals surface area contributed by atoms with E-state index in [0.29, 0.717) is 18.8 Å². The fraction of sp³-hybridized carbons (Fsp3) is 0.538. The Balaban J connectivity index is 2.67. The third-order valence-corrected chi connectivity index (χ3v) is 2.67. The molecule has 1 rings (SSSR count). The number of carbonyl (C=O) groups is 2. The van der Waals surface area contributed by atoms with Crippen molar-refractivity contribution in [3.8, 4) is 0 Å². The summed E-state index contributed by atoms with van der Waals surface area (Å²) in [7, 11) is 6.55. The fourth-order valence-electron chi connectivity index (χ4n) is 1.62. The van der Waals surface area contributed by atoms with Crippen LogP contribution in [0.5, 0.6) is 0 Å². The molecule has 6 heteroatoms. The average molecular weight is 268 g/mol. The van der Waals surface area contributed by atoms with Crippen molar-refractivity contribution in [2.24, 2.45) is 0 Å². The second-order valence-electron chi connectivity index (χ2n) is 4.68. The molecule has 0 fully saturated rings. The van der Waals surface area contributed by atoms with E-state index in [9.17, 15) is 9.59 Å². The van der Waals surface area contributed by atoms with Gasteiger partial charge in [-0.15, -0.1) is 0 Å². The minimum atomic E-state index is -0.490. The summed E-state index contributed by atoms with van der Waals surface area (Å²) in [6.45, 7) is 2.53. The summed E-state index contributed by atoms with van der Waals surface area (Å²) in [5.41, 5.74) is 0.731. The highest BCUT2D eigenvalue weighted by Crippen LogP contribution is 2.16. The Morgan fingerprint density at radius 2 is 1.95 bits per heavy atom. The summed E-state index contributed by atoms with van der Waals surface area (Å²) in [5.74, 6) is 0.367. The zero-order valence-electron chi connectivity index (χ0n) is 12.0. The van der Waals surface area contributed by atoms with Crippen molar-refractivity contribution in [2.45, 2.75) is 13.5 Å². The molecule has 0 aliphatic carbocycles. The molecule has 0 saturated carbocycles. The van der Waals surface area contributed by atoms with E-state index >= 15 is 0 Å². The van der Waals surface area contributed by atoms with Crippen molar-refractivity contribution < 1.29 is 18.7 Å². The highest BCUT2D eigenvalue weighted by atomic mass is 16.5. The molecule has 1 amide bonds. The molecule has 0 aliphatic rings. The van der Waals surface area contributed by atoms with Gasteiger partial charge in [-0.3, -0.25) is 9.69 Å². The first-order valence-corrected chi connectivity index (χ1v) is 5.91. The maximum Gasteiger partial charge on any atom is 0.374 e. The normalized spacial score (nSPS) is 10.6. The van der Waals surface area contributed by atoms with Crippen molar-refractivity contribution in [1.29, 1.82) is 0 Å². The van der Waals surface area contributed by atoms with E-state index in [-0.39, 0.29) is 11.7 Å². The number of methoxy groups -OCH3 is 1. The standard InChI is InChI=1S/C13H20N2O4/c1-9-6-10(19-12(9)13(17)18-5)7-15(4)8-11(16)14(2)3/h6H,7-8H2,1-5H3. The van der Waals surface area contributed by atoms with E-state index in [2.05, 4.69) is 4.74 Å². The number of carbonyl (C=O) groups excluding carboxylic acids is 2. The van der Waals surface area contributed by atoms with Crippen LogP contribution in [0.2, 0.25) is 0 Å². The molecule has 19 heavy (non-hydrogen) atoms. The molecule has 0 N–H and O–H groups in total. The third kappa shape index (κ3) is 4.10. The quantitative estimate of drug-likeness (QED) is 0.742. The van der Waals surface area contributed by atoms with Crippen molar-refractivity contribution in [2.75, 3.05) is 34.8 Å². The lowest BCUT2D eigenvalue weighted by Crippen LogP contribution is -2.33. The molecule has 0 saturated heterocycles. The first-order valence-electron chi connectivity index (χ1n) is 5.91. The minimum absolute atomic E-state index is 0.0129. The molecule has 1 heterocycles. The molecule has 0 atom stereocenters. The summed E-state index contributed by atoms with van der Waals surface area (Å²) < 4.78 is 10.1. The van der Waals surface area contributed by atoms with Gasteiger partial charge in [0.1, 0.15) is 5.76 Å². The van der Waals surface area contributed by atoms with Gasteiger partial charge in [-0.05, 0) is 20.0 Å². The second kappa shape index (κ2) is 6.38. The van der Waals surface area contributed by atoms with E-state index in [1.54, 1.807) is 27.1 Å². The zero-order chi connectivity index (χ0) is 14.6. The van der Waals surface area contributed by atoms with Gasteiger partial charge in [0.15, 0.2) is 0 Å². The lowest BCUT2D eigenvalue weighted by atomic mass is 10.2. The van der Waals surface area contributed by atoms with Gasteiger partial charge >= 0.3 is 5.97 Å². The van der Waals surface area contributed by atoms with Crippen LogP contribution in [0.15, 0.2) is 10.5 Å². The largest absolute Gasteiger partial charge is 0.463 e. The number of furan rings is 1. The molecule has 0 spiro atoms. The smallest absolute Gasteiger partial charge is 0.374 e. The van der Waals surface area contributed by atoms with Crippen molar-refractivity contribution in [3.05, 3.63) is 23.2 Å². The number of hydrogen-bond acceptors (Lipinski definition) is 5. The first kappa shape index (κ1) is 15.2. The van der Waals surface area contributed by atoms with E-state index in [1.165, 1.54) is 12.0 Å². The molecule has 1 aromatic rings. The Hall–Kier alpha value is -1.82. The first-order chi connectivity index (χ1) is 8.85. The molecule has 6 nitrogen and oxygen atoms in total. The molecular weight excluding hydrogens is 248 g/mol. The van der Waals surface area contributed by atoms with E-state index in [4.69, 9.17) is 4.42 Å². The summed E-state index contributed by atoms with van der Waals surface area (Å²) in [5, 5.41) is 0. The van der Waals surface area contributed by atoms with Gasteiger partial charge in [0, 0.05) is 19.7 Å². The van der Waals surface area contributed by atoms with E-state index in [1.807, 2.05) is 11.9 Å². The maximum absolute atomic E-state index is 11.5. The van der Waals surface area contributed by atoms with Crippen LogP contribution in [-0.2, 0) is 16.1 Å². The Morgan fingerprint density at radius 1 is 1.32 bits per heavy atom. The molecule has 0 bridgehead atoms. The molecule has 0 unspecified atom stereocenters. The van der Waals surface area contributed by atoms with Crippen molar-refractivity contribution in [3.63, 3.8) is 0 Å². The van der Waals surface area contributed by atoms with Crippen LogP contribution >= 0.6 is 0 Å². The second-order valence-corrected chi connectivity index (χ2v) is 4.68. The average Bonchev–Trinajstić information content (AvgIpc) is 2.68. The molecule has 1 aromatic heterocycles. The van der Waals surface area contributed by atoms with Gasteiger partial charge in [-0.2, -0.15) is 0 Å². The summed E-state index contributed by atoms with van der Waals surface area (Å²) in [6.07, 6.45) is 0. The number of nitrogens with zero attached hydrogens (tertiary/aromatic N) is 2. The highest BCUT2D eigenvalue weighted by Gasteiger charge is 2.17. The Morgan fingerprint density at radius 3 is 2.47 bits per heavy atom. The summed E-state index contributed by atoms with van der Waals surface area (Å²) >= 11 is 0. The van der Waals surface area contributed by atoms with Gasteiger partial charge in [0.25, 0.3) is 0 Å². The number of esters is 1. The summed E-state index contributed by atoms with van der Waals surface area (Å²) in [4.78, 5) is 26.3. The molecular formula is C13H20N2O4. The number of likely N-dealkylation sites (N-methyl/N-ethyl adjacent to an activating group) is 2. The fourth-order valence-corrected chi connectivity index (χ4v) is 1.62. The SMILES string of the molecule is COC(=O)c1oc(CN(C)CC(=O)N(C)C)cc1C. The van der Waals surface area contributed by atoms with Crippen LogP contribution in [0, 0.1) is 6.92 Å². The van der Waals surface area contributed by atoms with Crippen LogP contribution in [0.3, 0.4) is 0 Å². The Bertz CT molecular complexity index is 465. The van der Waals surface area contributed by atoms with Crippen LogP contribution in [0.25, 0.3) is 0 Å². The van der Waals surface area contributed by atoms with Gasteiger partial charge in [-0.25, -0.2) is 4.79 Å². The Kier molecular flexibility index (Phi) is 5.11. The lowest BCUT2D eigenvalue weighted by Gasteiger charge is -2.17. The van der Waals surface area contributed by atoms with Gasteiger partial charge in [-0.1, -0.05) is 0 Å². The lowest BCUT2D eigenvalue weighted by molar-refractivity contribution is -0.129. The van der Waals surface area contributed by atoms with Gasteiger partial charge < -0.3 is 14.1 Å². The van der Waals surface area contributed by atoms with Crippen LogP contribution in [0.4, 0.5) is 0 Å². The topological polar surface area (TPSA) is 63.0 Å². The summed E-state index contributed by atoms with van der Waals surface area (Å²) in [6, 6.07) is 1.78. The zero-order valence-corrected chi connectivity index (χ0v) is 12.0.